The van der Waals surface area contributed by atoms with Crippen molar-refractivity contribution in [3.05, 3.63) is 36.3 Å². The SMILES string of the molecule is CCCN1CC(=O)Nc2ncc(-c3ccc(-c4ncn[nH]4)cc3C)nc21.CO. The van der Waals surface area contributed by atoms with Crippen molar-refractivity contribution in [2.24, 2.45) is 0 Å². The van der Waals surface area contributed by atoms with E-state index in [-0.39, 0.29) is 5.91 Å². The molecule has 0 bridgehead atoms. The normalized spacial score (nSPS) is 12.7. The van der Waals surface area contributed by atoms with Crippen molar-refractivity contribution in [2.45, 2.75) is 20.3 Å². The molecule has 3 aromatic rings. The number of aromatic nitrogens is 5. The van der Waals surface area contributed by atoms with Crippen molar-refractivity contribution in [3.63, 3.8) is 0 Å². The number of H-pyrrole nitrogens is 1. The quantitative estimate of drug-likeness (QED) is 0.632. The summed E-state index contributed by atoms with van der Waals surface area (Å²) in [5.41, 5.74) is 3.81. The number of benzene rings is 1. The minimum absolute atomic E-state index is 0.0550. The number of hydrogen-bond acceptors (Lipinski definition) is 7. The Kier molecular flexibility index (Phi) is 5.95. The lowest BCUT2D eigenvalue weighted by Gasteiger charge is -2.28. The first-order valence-electron chi connectivity index (χ1n) is 8.99. The van der Waals surface area contributed by atoms with Gasteiger partial charge in [-0.25, -0.2) is 15.0 Å². The number of fused-ring (bicyclic) bond motifs is 1. The van der Waals surface area contributed by atoms with Crippen molar-refractivity contribution in [1.82, 2.24) is 25.1 Å². The summed E-state index contributed by atoms with van der Waals surface area (Å²) in [5, 5.41) is 16.6. The maximum Gasteiger partial charge on any atom is 0.245 e. The number of aliphatic hydroxyl groups is 1. The molecule has 3 heterocycles. The number of carbonyl (C=O) groups excluding carboxylic acids is 1. The summed E-state index contributed by atoms with van der Waals surface area (Å²) in [5.74, 6) is 1.92. The van der Waals surface area contributed by atoms with Crippen LogP contribution in [0.3, 0.4) is 0 Å². The van der Waals surface area contributed by atoms with Gasteiger partial charge in [0.1, 0.15) is 6.33 Å². The highest BCUT2D eigenvalue weighted by atomic mass is 16.2. The molecule has 0 atom stereocenters. The summed E-state index contributed by atoms with van der Waals surface area (Å²) in [6.07, 6.45) is 4.12. The summed E-state index contributed by atoms with van der Waals surface area (Å²) >= 11 is 0. The molecule has 2 aromatic heterocycles. The molecule has 1 aromatic carbocycles. The largest absolute Gasteiger partial charge is 0.400 e. The highest BCUT2D eigenvalue weighted by Gasteiger charge is 2.24. The number of aliphatic hydroxyl groups excluding tert-OH is 1. The topological polar surface area (TPSA) is 120 Å². The second-order valence-electron chi connectivity index (χ2n) is 6.26. The van der Waals surface area contributed by atoms with Crippen LogP contribution in [0.15, 0.2) is 30.7 Å². The third kappa shape index (κ3) is 3.84. The molecule has 0 spiro atoms. The number of aryl methyl sites for hydroxylation is 1. The van der Waals surface area contributed by atoms with E-state index >= 15 is 0 Å². The van der Waals surface area contributed by atoms with Gasteiger partial charge in [-0.15, -0.1) is 0 Å². The Morgan fingerprint density at radius 3 is 2.75 bits per heavy atom. The Balaban J connectivity index is 0.00000109. The molecule has 0 saturated heterocycles. The Morgan fingerprint density at radius 2 is 2.07 bits per heavy atom. The van der Waals surface area contributed by atoms with Crippen LogP contribution >= 0.6 is 0 Å². The minimum atomic E-state index is -0.0550. The van der Waals surface area contributed by atoms with E-state index in [9.17, 15) is 4.79 Å². The van der Waals surface area contributed by atoms with Crippen molar-refractivity contribution in [1.29, 1.82) is 0 Å². The number of amides is 1. The number of rotatable bonds is 4. The predicted octanol–water partition coefficient (Wildman–Crippen LogP) is 2.01. The lowest BCUT2D eigenvalue weighted by Crippen LogP contribution is -2.39. The van der Waals surface area contributed by atoms with Crippen molar-refractivity contribution >= 4 is 17.5 Å². The monoisotopic (exact) mass is 381 g/mol. The van der Waals surface area contributed by atoms with Gasteiger partial charge >= 0.3 is 0 Å². The standard InChI is InChI=1S/C18H19N7O.CH4O/c1-3-6-25-9-15(26)23-17-18(25)22-14(8-19-17)13-5-4-12(7-11(13)2)16-20-10-21-24-16;1-2/h4-5,7-8,10H,3,6,9H2,1-2H3,(H,19,23,26)(H,20,21,24);2H,1H3. The van der Waals surface area contributed by atoms with Gasteiger partial charge in [-0.05, 0) is 25.0 Å². The van der Waals surface area contributed by atoms with Gasteiger partial charge in [-0.1, -0.05) is 19.1 Å². The van der Waals surface area contributed by atoms with E-state index in [1.54, 1.807) is 6.20 Å². The van der Waals surface area contributed by atoms with Gasteiger partial charge in [0.15, 0.2) is 17.5 Å². The minimum Gasteiger partial charge on any atom is -0.400 e. The van der Waals surface area contributed by atoms with E-state index in [1.165, 1.54) is 6.33 Å². The fourth-order valence-corrected chi connectivity index (χ4v) is 3.14. The molecule has 0 fully saturated rings. The summed E-state index contributed by atoms with van der Waals surface area (Å²) in [4.78, 5) is 27.2. The molecule has 0 unspecified atom stereocenters. The van der Waals surface area contributed by atoms with Crippen molar-refractivity contribution < 1.29 is 9.90 Å². The Bertz CT molecular complexity index is 957. The molecule has 28 heavy (non-hydrogen) atoms. The predicted molar refractivity (Wildman–Crippen MR) is 107 cm³/mol. The van der Waals surface area contributed by atoms with E-state index in [0.717, 1.165) is 54.1 Å². The lowest BCUT2D eigenvalue weighted by molar-refractivity contribution is -0.115. The molecule has 0 radical (unpaired) electrons. The van der Waals surface area contributed by atoms with Crippen LogP contribution in [0.4, 0.5) is 11.6 Å². The second kappa shape index (κ2) is 8.57. The van der Waals surface area contributed by atoms with Gasteiger partial charge < -0.3 is 15.3 Å². The zero-order chi connectivity index (χ0) is 20.1. The molecule has 0 aliphatic carbocycles. The summed E-state index contributed by atoms with van der Waals surface area (Å²) in [7, 11) is 1.00. The maximum atomic E-state index is 11.8. The van der Waals surface area contributed by atoms with Crippen LogP contribution in [-0.4, -0.2) is 56.4 Å². The third-order valence-electron chi connectivity index (χ3n) is 4.33. The molecular weight excluding hydrogens is 358 g/mol. The second-order valence-corrected chi connectivity index (χ2v) is 6.26. The molecule has 1 amide bonds. The van der Waals surface area contributed by atoms with Gasteiger partial charge in [0.25, 0.3) is 0 Å². The van der Waals surface area contributed by atoms with Crippen molar-refractivity contribution in [3.8, 4) is 22.6 Å². The lowest BCUT2D eigenvalue weighted by atomic mass is 10.0. The van der Waals surface area contributed by atoms with E-state index in [4.69, 9.17) is 10.1 Å². The molecule has 4 rings (SSSR count). The van der Waals surface area contributed by atoms with Gasteiger partial charge in [-0.3, -0.25) is 9.89 Å². The average molecular weight is 381 g/mol. The third-order valence-corrected chi connectivity index (χ3v) is 4.33. The van der Waals surface area contributed by atoms with Gasteiger partial charge in [0.2, 0.25) is 5.91 Å². The fraction of sp³-hybridized carbons (Fsp3) is 0.316. The molecule has 1 aliphatic heterocycles. The van der Waals surface area contributed by atoms with Crippen LogP contribution in [0.1, 0.15) is 18.9 Å². The maximum absolute atomic E-state index is 11.8. The van der Waals surface area contributed by atoms with Crippen LogP contribution in [0.2, 0.25) is 0 Å². The number of nitrogens with zero attached hydrogens (tertiary/aromatic N) is 5. The van der Waals surface area contributed by atoms with E-state index in [0.29, 0.717) is 12.4 Å². The summed E-state index contributed by atoms with van der Waals surface area (Å²) in [6, 6.07) is 6.04. The Hall–Kier alpha value is -3.33. The van der Waals surface area contributed by atoms with Crippen molar-refractivity contribution in [2.75, 3.05) is 30.4 Å². The number of anilines is 2. The molecule has 9 heteroatoms. The average Bonchev–Trinajstić information content (AvgIpc) is 3.24. The van der Waals surface area contributed by atoms with E-state index < -0.39 is 0 Å². The molecule has 0 saturated carbocycles. The molecular formula is C19H23N7O2. The smallest absolute Gasteiger partial charge is 0.245 e. The Labute approximate surface area is 162 Å². The van der Waals surface area contributed by atoms with Gasteiger partial charge in [0, 0.05) is 24.8 Å². The van der Waals surface area contributed by atoms with Crippen LogP contribution < -0.4 is 10.2 Å². The number of aromatic amines is 1. The van der Waals surface area contributed by atoms with Crippen LogP contribution in [0, 0.1) is 6.92 Å². The Morgan fingerprint density at radius 1 is 1.25 bits per heavy atom. The number of hydrogen-bond donors (Lipinski definition) is 3. The first-order chi connectivity index (χ1) is 13.7. The zero-order valence-electron chi connectivity index (χ0n) is 16.1. The fourth-order valence-electron chi connectivity index (χ4n) is 3.14. The highest BCUT2D eigenvalue weighted by molar-refractivity contribution is 5.99. The zero-order valence-corrected chi connectivity index (χ0v) is 16.1. The molecule has 1 aliphatic rings. The van der Waals surface area contributed by atoms with Crippen LogP contribution in [0.25, 0.3) is 22.6 Å². The molecule has 9 nitrogen and oxygen atoms in total. The van der Waals surface area contributed by atoms with Crippen LogP contribution in [0.5, 0.6) is 0 Å². The summed E-state index contributed by atoms with van der Waals surface area (Å²) in [6.45, 7) is 5.18. The van der Waals surface area contributed by atoms with Gasteiger partial charge in [0.05, 0.1) is 18.4 Å². The number of nitrogens with one attached hydrogen (secondary N) is 2. The summed E-state index contributed by atoms with van der Waals surface area (Å²) < 4.78 is 0. The van der Waals surface area contributed by atoms with E-state index in [1.807, 2.05) is 30.0 Å². The molecule has 3 N–H and O–H groups in total. The number of carbonyl (C=O) groups is 1. The van der Waals surface area contributed by atoms with Gasteiger partial charge in [-0.2, -0.15) is 5.10 Å². The first kappa shape index (κ1) is 19.4. The molecule has 146 valence electrons. The highest BCUT2D eigenvalue weighted by Crippen LogP contribution is 2.31. The van der Waals surface area contributed by atoms with Crippen LogP contribution in [-0.2, 0) is 4.79 Å². The van der Waals surface area contributed by atoms with E-state index in [2.05, 4.69) is 32.4 Å². The first-order valence-corrected chi connectivity index (χ1v) is 8.99.